The summed E-state index contributed by atoms with van der Waals surface area (Å²) in [6.07, 6.45) is 5.37. The standard InChI is InChI=1S/C39H40ClN7O3S/c1-4-45(3)21-34(48)47-19-32-33(20-47)51-38(44-32)28-8-5-7-27(22(28)2)29-9-6-10-31(35(29)40)43-37-36-24(11-12-41-37)13-23(16-42-36)17-46-18-25-14-26(46)15-30(25)39(49)50/h5-13,16,25-26,30H,4,14-15,17-21H2,1-3H3,(H,41,43)(H,49,50). The first-order chi connectivity index (χ1) is 24.7. The fraction of sp³-hybridized carbons (Fsp3) is 0.359. The minimum Gasteiger partial charge on any atom is -0.481 e. The van der Waals surface area contributed by atoms with Crippen molar-refractivity contribution < 1.29 is 14.7 Å². The Hall–Kier alpha value is -4.42. The van der Waals surface area contributed by atoms with Crippen LogP contribution in [0.3, 0.4) is 0 Å². The summed E-state index contributed by atoms with van der Waals surface area (Å²) >= 11 is 8.80. The number of hydrogen-bond donors (Lipinski definition) is 2. The largest absolute Gasteiger partial charge is 0.481 e. The fourth-order valence-corrected chi connectivity index (χ4v) is 9.40. The Labute approximate surface area is 306 Å². The molecule has 262 valence electrons. The van der Waals surface area contributed by atoms with Gasteiger partial charge in [0.05, 0.1) is 42.0 Å². The number of likely N-dealkylation sites (N-methyl/N-ethyl adjacent to an activating group) is 1. The number of halogens is 1. The molecule has 1 saturated carbocycles. The van der Waals surface area contributed by atoms with E-state index in [0.29, 0.717) is 36.5 Å². The highest BCUT2D eigenvalue weighted by atomic mass is 35.5. The first-order valence-corrected chi connectivity index (χ1v) is 18.7. The Morgan fingerprint density at radius 2 is 1.88 bits per heavy atom. The number of nitrogens with one attached hydrogen (secondary N) is 1. The molecule has 3 aromatic heterocycles. The number of aliphatic carboxylic acids is 1. The number of carbonyl (C=O) groups is 2. The lowest BCUT2D eigenvalue weighted by atomic mass is 9.94. The number of hydrogen-bond acceptors (Lipinski definition) is 9. The lowest BCUT2D eigenvalue weighted by Crippen LogP contribution is -2.37. The van der Waals surface area contributed by atoms with E-state index in [1.54, 1.807) is 17.5 Å². The minimum atomic E-state index is -0.659. The maximum atomic E-state index is 12.8. The molecule has 5 aromatic rings. The topological polar surface area (TPSA) is 115 Å². The number of pyridine rings is 2. The number of likely N-dealkylation sites (tertiary alicyclic amines) is 1. The van der Waals surface area contributed by atoms with Crippen LogP contribution in [0.2, 0.25) is 5.02 Å². The van der Waals surface area contributed by atoms with E-state index in [4.69, 9.17) is 21.6 Å². The number of amides is 1. The fourth-order valence-electron chi connectivity index (χ4n) is 7.96. The molecular weight excluding hydrogens is 682 g/mol. The summed E-state index contributed by atoms with van der Waals surface area (Å²) in [6.45, 7) is 8.14. The third-order valence-electron chi connectivity index (χ3n) is 10.9. The first-order valence-electron chi connectivity index (χ1n) is 17.5. The molecule has 12 heteroatoms. The molecule has 2 aliphatic heterocycles. The number of aromatic nitrogens is 3. The summed E-state index contributed by atoms with van der Waals surface area (Å²) in [7, 11) is 1.96. The van der Waals surface area contributed by atoms with Crippen molar-refractivity contribution >= 4 is 57.2 Å². The number of carboxylic acids is 1. The van der Waals surface area contributed by atoms with E-state index < -0.39 is 5.97 Å². The zero-order valence-electron chi connectivity index (χ0n) is 28.9. The molecule has 51 heavy (non-hydrogen) atoms. The Bertz CT molecular complexity index is 2150. The molecule has 0 radical (unpaired) electrons. The molecule has 3 atom stereocenters. The highest BCUT2D eigenvalue weighted by Crippen LogP contribution is 2.44. The van der Waals surface area contributed by atoms with Crippen LogP contribution in [-0.2, 0) is 29.2 Å². The molecule has 2 aromatic carbocycles. The number of nitrogens with zero attached hydrogens (tertiary/aromatic N) is 6. The van der Waals surface area contributed by atoms with Crippen LogP contribution < -0.4 is 5.32 Å². The third-order valence-corrected chi connectivity index (χ3v) is 12.4. The summed E-state index contributed by atoms with van der Waals surface area (Å²) in [4.78, 5) is 46.3. The van der Waals surface area contributed by atoms with Gasteiger partial charge in [-0.15, -0.1) is 11.3 Å². The van der Waals surface area contributed by atoms with Crippen LogP contribution in [0.1, 0.15) is 41.5 Å². The van der Waals surface area contributed by atoms with Gasteiger partial charge in [0.2, 0.25) is 5.91 Å². The maximum absolute atomic E-state index is 12.8. The third kappa shape index (κ3) is 6.37. The van der Waals surface area contributed by atoms with Crippen molar-refractivity contribution in [1.29, 1.82) is 0 Å². The average Bonchev–Trinajstić information content (AvgIpc) is 3.91. The van der Waals surface area contributed by atoms with E-state index in [0.717, 1.165) is 92.5 Å². The van der Waals surface area contributed by atoms with Crippen molar-refractivity contribution in [3.63, 3.8) is 0 Å². The smallest absolute Gasteiger partial charge is 0.306 e. The quantitative estimate of drug-likeness (QED) is 0.154. The van der Waals surface area contributed by atoms with Crippen molar-refractivity contribution in [3.8, 4) is 21.7 Å². The summed E-state index contributed by atoms with van der Waals surface area (Å²) in [5.41, 5.74) is 7.65. The van der Waals surface area contributed by atoms with E-state index in [1.165, 1.54) is 0 Å². The van der Waals surface area contributed by atoms with Crippen LogP contribution in [0, 0.1) is 18.8 Å². The van der Waals surface area contributed by atoms with Gasteiger partial charge < -0.3 is 15.3 Å². The molecular formula is C39H40ClN7O3S. The van der Waals surface area contributed by atoms with Crippen molar-refractivity contribution in [2.45, 2.75) is 52.4 Å². The van der Waals surface area contributed by atoms with E-state index >= 15 is 0 Å². The zero-order chi connectivity index (χ0) is 35.4. The molecule has 2 N–H and O–H groups in total. The van der Waals surface area contributed by atoms with Gasteiger partial charge >= 0.3 is 5.97 Å². The summed E-state index contributed by atoms with van der Waals surface area (Å²) in [5.74, 6) is 0.131. The highest BCUT2D eigenvalue weighted by Gasteiger charge is 2.47. The Balaban J connectivity index is 1.000. The second-order valence-corrected chi connectivity index (χ2v) is 15.5. The first kappa shape index (κ1) is 33.7. The van der Waals surface area contributed by atoms with E-state index in [1.807, 2.05) is 53.4 Å². The van der Waals surface area contributed by atoms with E-state index in [9.17, 15) is 14.7 Å². The van der Waals surface area contributed by atoms with Crippen LogP contribution in [0.4, 0.5) is 11.5 Å². The molecule has 3 unspecified atom stereocenters. The van der Waals surface area contributed by atoms with Gasteiger partial charge in [0.15, 0.2) is 5.82 Å². The van der Waals surface area contributed by atoms with Gasteiger partial charge in [0.25, 0.3) is 0 Å². The van der Waals surface area contributed by atoms with Gasteiger partial charge in [-0.1, -0.05) is 48.9 Å². The molecule has 8 rings (SSSR count). The van der Waals surface area contributed by atoms with Crippen LogP contribution in [0.25, 0.3) is 32.6 Å². The van der Waals surface area contributed by atoms with Gasteiger partial charge in [-0.3, -0.25) is 24.4 Å². The number of anilines is 2. The Morgan fingerprint density at radius 3 is 2.65 bits per heavy atom. The van der Waals surface area contributed by atoms with Gasteiger partial charge in [-0.25, -0.2) is 9.97 Å². The van der Waals surface area contributed by atoms with Gasteiger partial charge in [-0.2, -0.15) is 0 Å². The van der Waals surface area contributed by atoms with Crippen molar-refractivity contribution in [1.82, 2.24) is 29.7 Å². The molecule has 1 amide bonds. The average molecular weight is 722 g/mol. The van der Waals surface area contributed by atoms with E-state index in [-0.39, 0.29) is 17.7 Å². The van der Waals surface area contributed by atoms with Crippen LogP contribution in [-0.4, -0.2) is 79.4 Å². The predicted octanol–water partition coefficient (Wildman–Crippen LogP) is 7.21. The number of benzene rings is 2. The summed E-state index contributed by atoms with van der Waals surface area (Å²) in [5, 5.41) is 15.5. The van der Waals surface area contributed by atoms with E-state index in [2.05, 4.69) is 47.2 Å². The lowest BCUT2D eigenvalue weighted by molar-refractivity contribution is -0.144. The molecule has 10 nitrogen and oxygen atoms in total. The molecule has 5 heterocycles. The number of rotatable bonds is 10. The van der Waals surface area contributed by atoms with Gasteiger partial charge in [-0.05, 0) is 74.2 Å². The minimum absolute atomic E-state index is 0.134. The van der Waals surface area contributed by atoms with Crippen LogP contribution in [0.5, 0.6) is 0 Å². The molecule has 1 saturated heterocycles. The second-order valence-electron chi connectivity index (χ2n) is 14.1. The van der Waals surface area contributed by atoms with Crippen molar-refractivity contribution in [2.24, 2.45) is 11.8 Å². The van der Waals surface area contributed by atoms with Crippen LogP contribution in [0.15, 0.2) is 60.9 Å². The second kappa shape index (κ2) is 13.6. The highest BCUT2D eigenvalue weighted by molar-refractivity contribution is 7.15. The Morgan fingerprint density at radius 1 is 1.08 bits per heavy atom. The Kier molecular flexibility index (Phi) is 9.00. The van der Waals surface area contributed by atoms with Crippen molar-refractivity contribution in [2.75, 3.05) is 32.0 Å². The monoisotopic (exact) mass is 721 g/mol. The molecule has 0 spiro atoms. The van der Waals surface area contributed by atoms with Crippen LogP contribution >= 0.6 is 22.9 Å². The zero-order valence-corrected chi connectivity index (χ0v) is 30.5. The summed E-state index contributed by atoms with van der Waals surface area (Å²) < 4.78 is 0. The normalized spacial score (nSPS) is 19.7. The van der Waals surface area contributed by atoms with Gasteiger partial charge in [0.1, 0.15) is 10.5 Å². The number of piperidine rings is 1. The molecule has 2 bridgehead atoms. The number of carbonyl (C=O) groups excluding carboxylic acids is 1. The summed E-state index contributed by atoms with van der Waals surface area (Å²) in [6, 6.07) is 16.6. The number of thiazole rings is 1. The van der Waals surface area contributed by atoms with Crippen molar-refractivity contribution in [3.05, 3.63) is 87.6 Å². The number of fused-ring (bicyclic) bond motifs is 4. The van der Waals surface area contributed by atoms with Gasteiger partial charge in [0, 0.05) is 52.9 Å². The maximum Gasteiger partial charge on any atom is 0.306 e. The molecule has 1 aliphatic carbocycles. The molecule has 3 aliphatic rings. The number of carboxylic acid groups (broad SMARTS) is 1. The predicted molar refractivity (Wildman–Crippen MR) is 201 cm³/mol. The SMILES string of the molecule is CCN(C)CC(=O)N1Cc2nc(-c3cccc(-c4cccc(Nc5nccc6cc(CN7CC8CC7CC8C(=O)O)cnc56)c4Cl)c3C)sc2C1. The lowest BCUT2D eigenvalue weighted by Gasteiger charge is -2.29. The molecule has 2 fully saturated rings.